The van der Waals surface area contributed by atoms with E-state index < -0.39 is 0 Å². The Bertz CT molecular complexity index is 590. The highest BCUT2D eigenvalue weighted by atomic mass is 35.5. The second-order valence-corrected chi connectivity index (χ2v) is 5.48. The lowest BCUT2D eigenvalue weighted by Crippen LogP contribution is -2.12. The Morgan fingerprint density at radius 1 is 1.44 bits per heavy atom. The number of nitrogens with one attached hydrogen (secondary N) is 1. The second kappa shape index (κ2) is 4.66. The number of carbonyl (C=O) groups excluding carboxylic acids is 1. The molecule has 2 aromatic heterocycles. The molecule has 0 atom stereocenters. The van der Waals surface area contributed by atoms with Gasteiger partial charge in [-0.05, 0) is 31.4 Å². The van der Waals surface area contributed by atoms with Crippen LogP contribution in [0.2, 0.25) is 5.15 Å². The third kappa shape index (κ3) is 2.11. The number of fused-ring (bicyclic) bond motifs is 1. The number of aromatic nitrogens is 2. The van der Waals surface area contributed by atoms with Crippen LogP contribution in [0.25, 0.3) is 0 Å². The van der Waals surface area contributed by atoms with Crippen LogP contribution in [0.5, 0.6) is 0 Å². The van der Waals surface area contributed by atoms with Crippen LogP contribution in [-0.4, -0.2) is 15.9 Å². The van der Waals surface area contributed by atoms with Gasteiger partial charge in [0.1, 0.15) is 5.15 Å². The SMILES string of the molecule is O=C(Nc1nc2c(s1)CCC2)c1cccnc1Cl. The molecule has 0 saturated heterocycles. The number of nitrogens with zero attached hydrogens (tertiary/aromatic N) is 2. The van der Waals surface area contributed by atoms with Crippen molar-refractivity contribution in [1.29, 1.82) is 0 Å². The maximum atomic E-state index is 12.0. The van der Waals surface area contributed by atoms with Gasteiger partial charge in [0.15, 0.2) is 5.13 Å². The van der Waals surface area contributed by atoms with Crippen LogP contribution in [0.1, 0.15) is 27.3 Å². The molecular weight excluding hydrogens is 270 g/mol. The number of thiazole rings is 1. The molecule has 6 heteroatoms. The van der Waals surface area contributed by atoms with E-state index in [1.807, 2.05) is 0 Å². The average molecular weight is 280 g/mol. The van der Waals surface area contributed by atoms with Crippen LogP contribution < -0.4 is 5.32 Å². The number of pyridine rings is 1. The molecule has 0 aromatic carbocycles. The number of anilines is 1. The first-order valence-electron chi connectivity index (χ1n) is 5.64. The first kappa shape index (κ1) is 11.6. The van der Waals surface area contributed by atoms with Crippen molar-refractivity contribution in [3.05, 3.63) is 39.6 Å². The molecule has 2 heterocycles. The number of hydrogen-bond donors (Lipinski definition) is 1. The molecule has 0 saturated carbocycles. The van der Waals surface area contributed by atoms with Gasteiger partial charge in [-0.25, -0.2) is 9.97 Å². The zero-order chi connectivity index (χ0) is 12.5. The van der Waals surface area contributed by atoms with Gasteiger partial charge in [0.05, 0.1) is 11.3 Å². The first-order chi connectivity index (χ1) is 8.74. The second-order valence-electron chi connectivity index (χ2n) is 4.04. The summed E-state index contributed by atoms with van der Waals surface area (Å²) in [6.45, 7) is 0. The van der Waals surface area contributed by atoms with Crippen LogP contribution in [0.15, 0.2) is 18.3 Å². The molecule has 0 aliphatic heterocycles. The summed E-state index contributed by atoms with van der Waals surface area (Å²) in [7, 11) is 0. The lowest BCUT2D eigenvalue weighted by molar-refractivity contribution is 0.102. The molecular formula is C12H10ClN3OS. The van der Waals surface area contributed by atoms with Crippen molar-refractivity contribution < 1.29 is 4.79 Å². The van der Waals surface area contributed by atoms with Crippen molar-refractivity contribution in [2.24, 2.45) is 0 Å². The van der Waals surface area contributed by atoms with Crippen molar-refractivity contribution in [1.82, 2.24) is 9.97 Å². The fraction of sp³-hybridized carbons (Fsp3) is 0.250. The lowest BCUT2D eigenvalue weighted by Gasteiger charge is -2.02. The number of carbonyl (C=O) groups is 1. The molecule has 1 aliphatic carbocycles. The summed E-state index contributed by atoms with van der Waals surface area (Å²) in [6.07, 6.45) is 4.79. The Hall–Kier alpha value is -1.46. The minimum absolute atomic E-state index is 0.207. The summed E-state index contributed by atoms with van der Waals surface area (Å²) in [5, 5.41) is 3.62. The van der Waals surface area contributed by atoms with Gasteiger partial charge in [0.25, 0.3) is 5.91 Å². The summed E-state index contributed by atoms with van der Waals surface area (Å²) in [6, 6.07) is 3.33. The molecule has 1 aliphatic rings. The van der Waals surface area contributed by atoms with Crippen LogP contribution in [-0.2, 0) is 12.8 Å². The van der Waals surface area contributed by atoms with E-state index in [0.717, 1.165) is 25.0 Å². The summed E-state index contributed by atoms with van der Waals surface area (Å²) < 4.78 is 0. The summed E-state index contributed by atoms with van der Waals surface area (Å²) in [4.78, 5) is 21.6. The quantitative estimate of drug-likeness (QED) is 0.860. The minimum Gasteiger partial charge on any atom is -0.298 e. The minimum atomic E-state index is -0.263. The van der Waals surface area contributed by atoms with Gasteiger partial charge in [0, 0.05) is 11.1 Å². The van der Waals surface area contributed by atoms with Crippen molar-refractivity contribution in [3.8, 4) is 0 Å². The predicted octanol–water partition coefficient (Wildman–Crippen LogP) is 2.93. The van der Waals surface area contributed by atoms with Crippen molar-refractivity contribution in [2.45, 2.75) is 19.3 Å². The van der Waals surface area contributed by atoms with Gasteiger partial charge in [-0.15, -0.1) is 11.3 Å². The van der Waals surface area contributed by atoms with Crippen molar-refractivity contribution in [3.63, 3.8) is 0 Å². The Balaban J connectivity index is 1.80. The van der Waals surface area contributed by atoms with Crippen molar-refractivity contribution in [2.75, 3.05) is 5.32 Å². The monoisotopic (exact) mass is 279 g/mol. The van der Waals surface area contributed by atoms with E-state index >= 15 is 0 Å². The highest BCUT2D eigenvalue weighted by Crippen LogP contribution is 2.30. The number of rotatable bonds is 2. The van der Waals surface area contributed by atoms with E-state index in [-0.39, 0.29) is 11.1 Å². The van der Waals surface area contributed by atoms with E-state index in [2.05, 4.69) is 15.3 Å². The van der Waals surface area contributed by atoms with Crippen LogP contribution >= 0.6 is 22.9 Å². The summed E-state index contributed by atoms with van der Waals surface area (Å²) in [5.41, 5.74) is 1.49. The highest BCUT2D eigenvalue weighted by Gasteiger charge is 2.19. The zero-order valence-electron chi connectivity index (χ0n) is 9.44. The maximum absolute atomic E-state index is 12.0. The first-order valence-corrected chi connectivity index (χ1v) is 6.84. The van der Waals surface area contributed by atoms with E-state index in [1.165, 1.54) is 4.88 Å². The van der Waals surface area contributed by atoms with Crippen LogP contribution in [0.4, 0.5) is 5.13 Å². The molecule has 18 heavy (non-hydrogen) atoms. The largest absolute Gasteiger partial charge is 0.298 e. The molecule has 4 nitrogen and oxygen atoms in total. The summed E-state index contributed by atoms with van der Waals surface area (Å²) >= 11 is 7.42. The van der Waals surface area contributed by atoms with E-state index in [9.17, 15) is 4.79 Å². The molecule has 1 N–H and O–H groups in total. The topological polar surface area (TPSA) is 54.9 Å². The maximum Gasteiger partial charge on any atom is 0.260 e. The molecule has 3 rings (SSSR count). The zero-order valence-corrected chi connectivity index (χ0v) is 11.0. The lowest BCUT2D eigenvalue weighted by atomic mass is 10.3. The van der Waals surface area contributed by atoms with Gasteiger partial charge in [0.2, 0.25) is 0 Å². The van der Waals surface area contributed by atoms with Crippen LogP contribution in [0.3, 0.4) is 0 Å². The van der Waals surface area contributed by atoms with Gasteiger partial charge >= 0.3 is 0 Å². The fourth-order valence-corrected chi connectivity index (χ4v) is 3.21. The molecule has 0 bridgehead atoms. The molecule has 2 aromatic rings. The van der Waals surface area contributed by atoms with Crippen LogP contribution in [0, 0.1) is 0 Å². The number of aryl methyl sites for hydroxylation is 2. The van der Waals surface area contributed by atoms with Crippen molar-refractivity contribution >= 4 is 34.0 Å². The molecule has 1 amide bonds. The Labute approximate surface area is 113 Å². The van der Waals surface area contributed by atoms with Gasteiger partial charge < -0.3 is 0 Å². The molecule has 0 spiro atoms. The Morgan fingerprint density at radius 3 is 3.11 bits per heavy atom. The van der Waals surface area contributed by atoms with E-state index in [0.29, 0.717) is 10.7 Å². The number of amides is 1. The number of halogens is 1. The average Bonchev–Trinajstić information content (AvgIpc) is 2.90. The number of hydrogen-bond acceptors (Lipinski definition) is 4. The standard InChI is InChI=1S/C12H10ClN3OS/c13-10-7(3-2-6-14-10)11(17)16-12-15-8-4-1-5-9(8)18-12/h2-3,6H,1,4-5H2,(H,15,16,17). The molecule has 0 radical (unpaired) electrons. The fourth-order valence-electron chi connectivity index (χ4n) is 1.96. The molecule has 92 valence electrons. The molecule has 0 fully saturated rings. The smallest absolute Gasteiger partial charge is 0.260 e. The Morgan fingerprint density at radius 2 is 2.33 bits per heavy atom. The highest BCUT2D eigenvalue weighted by molar-refractivity contribution is 7.16. The third-order valence-corrected chi connectivity index (χ3v) is 4.19. The van der Waals surface area contributed by atoms with Gasteiger partial charge in [-0.2, -0.15) is 0 Å². The predicted molar refractivity (Wildman–Crippen MR) is 71.3 cm³/mol. The van der Waals surface area contributed by atoms with E-state index in [4.69, 9.17) is 11.6 Å². The Kier molecular flexibility index (Phi) is 3.01. The van der Waals surface area contributed by atoms with Gasteiger partial charge in [-0.3, -0.25) is 10.1 Å². The third-order valence-electron chi connectivity index (χ3n) is 2.82. The van der Waals surface area contributed by atoms with Gasteiger partial charge in [-0.1, -0.05) is 11.6 Å². The normalized spacial score (nSPS) is 13.4. The molecule has 0 unspecified atom stereocenters. The summed E-state index contributed by atoms with van der Waals surface area (Å²) in [5.74, 6) is -0.263. The van der Waals surface area contributed by atoms with E-state index in [1.54, 1.807) is 29.7 Å².